The smallest absolute Gasteiger partial charge is 0.174 e. The van der Waals surface area contributed by atoms with E-state index < -0.39 is 0 Å². The minimum Gasteiger partial charge on any atom is -0.367 e. The lowest BCUT2D eigenvalue weighted by molar-refractivity contribution is 0.588. The summed E-state index contributed by atoms with van der Waals surface area (Å²) in [5.41, 5.74) is 2.17. The van der Waals surface area contributed by atoms with Crippen LogP contribution >= 0.6 is 0 Å². The highest BCUT2D eigenvalue weighted by atomic mass is 19.1. The lowest BCUT2D eigenvalue weighted by Crippen LogP contribution is -2.32. The van der Waals surface area contributed by atoms with Crippen LogP contribution in [0, 0.1) is 11.6 Å². The summed E-state index contributed by atoms with van der Waals surface area (Å²) in [6.07, 6.45) is 8.50. The molecule has 4 aliphatic heterocycles. The van der Waals surface area contributed by atoms with Crippen molar-refractivity contribution < 1.29 is 8.78 Å². The molecule has 4 heterocycles. The van der Waals surface area contributed by atoms with E-state index in [1.54, 1.807) is 0 Å². The molecule has 6 heteroatoms. The van der Waals surface area contributed by atoms with Crippen molar-refractivity contribution in [2.24, 2.45) is 0 Å². The van der Waals surface area contributed by atoms with E-state index in [9.17, 15) is 0 Å². The van der Waals surface area contributed by atoms with E-state index in [-0.39, 0.29) is 11.6 Å². The van der Waals surface area contributed by atoms with Crippen molar-refractivity contribution in [1.29, 1.82) is 0 Å². The summed E-state index contributed by atoms with van der Waals surface area (Å²) in [7, 11) is 0. The Balaban J connectivity index is 1.72. The Bertz CT molecular complexity index is 596. The fourth-order valence-electron chi connectivity index (χ4n) is 5.56. The molecule has 0 atom stereocenters. The van der Waals surface area contributed by atoms with Gasteiger partial charge in [-0.1, -0.05) is 0 Å². The molecule has 154 valence electrons. The third-order valence-electron chi connectivity index (χ3n) is 6.97. The third-order valence-corrected chi connectivity index (χ3v) is 6.97. The summed E-state index contributed by atoms with van der Waals surface area (Å²) < 4.78 is 32.6. The quantitative estimate of drug-likeness (QED) is 0.757. The molecule has 0 aliphatic carbocycles. The predicted molar refractivity (Wildman–Crippen MR) is 112 cm³/mol. The minimum absolute atomic E-state index is 0.172. The van der Waals surface area contributed by atoms with Crippen molar-refractivity contribution in [1.82, 2.24) is 0 Å². The Morgan fingerprint density at radius 1 is 0.357 bits per heavy atom. The number of hydrogen-bond acceptors (Lipinski definition) is 4. The zero-order chi connectivity index (χ0) is 19.1. The molecule has 0 unspecified atom stereocenters. The molecule has 0 spiro atoms. The Morgan fingerprint density at radius 2 is 0.536 bits per heavy atom. The molecular formula is C22H32F2N4. The first kappa shape index (κ1) is 18.3. The monoisotopic (exact) mass is 390 g/mol. The number of rotatable bonds is 4. The number of nitrogens with zero attached hydrogens (tertiary/aromatic N) is 4. The second-order valence-corrected chi connectivity index (χ2v) is 8.80. The largest absolute Gasteiger partial charge is 0.367 e. The molecule has 0 N–H and O–H groups in total. The van der Waals surface area contributed by atoms with Gasteiger partial charge in [0.2, 0.25) is 0 Å². The molecule has 4 saturated heterocycles. The average molecular weight is 391 g/mol. The topological polar surface area (TPSA) is 13.0 Å². The van der Waals surface area contributed by atoms with Gasteiger partial charge in [0, 0.05) is 52.4 Å². The first-order valence-corrected chi connectivity index (χ1v) is 11.3. The van der Waals surface area contributed by atoms with Crippen LogP contribution in [0.1, 0.15) is 51.4 Å². The van der Waals surface area contributed by atoms with Gasteiger partial charge in [-0.05, 0) is 51.4 Å². The van der Waals surface area contributed by atoms with Crippen molar-refractivity contribution in [3.63, 3.8) is 0 Å². The van der Waals surface area contributed by atoms with Crippen LogP contribution in [0.2, 0.25) is 0 Å². The van der Waals surface area contributed by atoms with Crippen LogP contribution in [-0.2, 0) is 0 Å². The highest BCUT2D eigenvalue weighted by Crippen LogP contribution is 2.49. The van der Waals surface area contributed by atoms with Crippen LogP contribution in [0.5, 0.6) is 0 Å². The van der Waals surface area contributed by atoms with Gasteiger partial charge >= 0.3 is 0 Å². The highest BCUT2D eigenvalue weighted by Gasteiger charge is 2.37. The summed E-state index contributed by atoms with van der Waals surface area (Å²) in [5, 5.41) is 0. The van der Waals surface area contributed by atoms with Gasteiger partial charge in [-0.2, -0.15) is 0 Å². The zero-order valence-electron chi connectivity index (χ0n) is 16.9. The van der Waals surface area contributed by atoms with Gasteiger partial charge in [0.1, 0.15) is 22.7 Å². The van der Waals surface area contributed by atoms with E-state index in [4.69, 9.17) is 0 Å². The molecule has 0 radical (unpaired) electrons. The zero-order valence-corrected chi connectivity index (χ0v) is 16.9. The van der Waals surface area contributed by atoms with E-state index >= 15 is 8.78 Å². The number of benzene rings is 1. The van der Waals surface area contributed by atoms with Gasteiger partial charge < -0.3 is 19.6 Å². The Kier molecular flexibility index (Phi) is 4.97. The fraction of sp³-hybridized carbons (Fsp3) is 0.727. The lowest BCUT2D eigenvalue weighted by Gasteiger charge is -2.35. The van der Waals surface area contributed by atoms with Crippen LogP contribution in [0.3, 0.4) is 0 Å². The SMILES string of the molecule is Fc1c(N2CCCC2)c(N2CCCC2)c(F)c(N2CCCC2)c1N1CCCC1. The van der Waals surface area contributed by atoms with Gasteiger partial charge in [-0.3, -0.25) is 0 Å². The summed E-state index contributed by atoms with van der Waals surface area (Å²) in [5.74, 6) is -0.344. The Morgan fingerprint density at radius 3 is 0.714 bits per heavy atom. The molecule has 0 bridgehead atoms. The minimum atomic E-state index is -0.172. The van der Waals surface area contributed by atoms with E-state index in [1.165, 1.54) is 0 Å². The number of anilines is 4. The predicted octanol–water partition coefficient (Wildman–Crippen LogP) is 4.37. The normalized spacial score (nSPS) is 22.9. The Hall–Kier alpha value is -1.72. The molecule has 5 rings (SSSR count). The molecule has 0 aromatic heterocycles. The molecule has 4 fully saturated rings. The van der Waals surface area contributed by atoms with E-state index in [1.807, 2.05) is 0 Å². The number of hydrogen-bond donors (Lipinski definition) is 0. The standard InChI is InChI=1S/C22H32F2N4/c23-17-19(25-9-1-2-10-25)20(26-11-3-4-12-26)18(24)22(28-15-7-8-16-28)21(17)27-13-5-6-14-27/h1-16H2. The van der Waals surface area contributed by atoms with Crippen LogP contribution in [0.15, 0.2) is 0 Å². The van der Waals surface area contributed by atoms with Crippen LogP contribution in [0.4, 0.5) is 31.5 Å². The van der Waals surface area contributed by atoms with Crippen molar-refractivity contribution in [2.45, 2.75) is 51.4 Å². The van der Waals surface area contributed by atoms with Gasteiger partial charge in [-0.25, -0.2) is 8.78 Å². The summed E-state index contributed by atoms with van der Waals surface area (Å²) in [4.78, 5) is 8.44. The molecule has 0 amide bonds. The molecule has 4 aliphatic rings. The lowest BCUT2D eigenvalue weighted by atomic mass is 10.1. The molecule has 4 nitrogen and oxygen atoms in total. The van der Waals surface area contributed by atoms with Crippen LogP contribution in [-0.4, -0.2) is 52.4 Å². The molecular weight excluding hydrogens is 358 g/mol. The maximum absolute atomic E-state index is 16.3. The van der Waals surface area contributed by atoms with Crippen LogP contribution in [0.25, 0.3) is 0 Å². The van der Waals surface area contributed by atoms with Gasteiger partial charge in [0.25, 0.3) is 0 Å². The van der Waals surface area contributed by atoms with Crippen LogP contribution < -0.4 is 19.6 Å². The maximum Gasteiger partial charge on any atom is 0.174 e. The van der Waals surface area contributed by atoms with Gasteiger partial charge in [0.15, 0.2) is 11.6 Å². The summed E-state index contributed by atoms with van der Waals surface area (Å²) in [6, 6.07) is 0. The second kappa shape index (κ2) is 7.60. The molecule has 28 heavy (non-hydrogen) atoms. The first-order chi connectivity index (χ1) is 13.8. The van der Waals surface area contributed by atoms with Crippen molar-refractivity contribution >= 4 is 22.7 Å². The second-order valence-electron chi connectivity index (χ2n) is 8.80. The van der Waals surface area contributed by atoms with E-state index in [2.05, 4.69) is 19.6 Å². The Labute approximate surface area is 167 Å². The van der Waals surface area contributed by atoms with E-state index in [0.717, 1.165) is 104 Å². The maximum atomic E-state index is 16.3. The highest BCUT2D eigenvalue weighted by molar-refractivity contribution is 5.88. The fourth-order valence-corrected chi connectivity index (χ4v) is 5.56. The van der Waals surface area contributed by atoms with E-state index in [0.29, 0.717) is 22.7 Å². The first-order valence-electron chi connectivity index (χ1n) is 11.3. The van der Waals surface area contributed by atoms with Crippen molar-refractivity contribution in [3.05, 3.63) is 11.6 Å². The summed E-state index contributed by atoms with van der Waals surface area (Å²) in [6.45, 7) is 6.66. The molecule has 1 aromatic carbocycles. The van der Waals surface area contributed by atoms with Gasteiger partial charge in [0.05, 0.1) is 0 Å². The van der Waals surface area contributed by atoms with Crippen molar-refractivity contribution in [3.8, 4) is 0 Å². The third kappa shape index (κ3) is 3.00. The molecule has 0 saturated carbocycles. The summed E-state index contributed by atoms with van der Waals surface area (Å²) >= 11 is 0. The van der Waals surface area contributed by atoms with Gasteiger partial charge in [-0.15, -0.1) is 0 Å². The number of halogens is 2. The van der Waals surface area contributed by atoms with Crippen molar-refractivity contribution in [2.75, 3.05) is 72.0 Å². The molecule has 1 aromatic rings. The average Bonchev–Trinajstić information content (AvgIpc) is 3.51.